The van der Waals surface area contributed by atoms with E-state index in [0.29, 0.717) is 6.42 Å². The normalized spacial score (nSPS) is 12.4. The SMILES string of the molecule is OC(Cc1ccc(Br)cn1)c1cccc(I)c1. The van der Waals surface area contributed by atoms with Crippen LogP contribution in [-0.2, 0) is 6.42 Å². The summed E-state index contributed by atoms with van der Waals surface area (Å²) < 4.78 is 2.08. The highest BCUT2D eigenvalue weighted by atomic mass is 127. The van der Waals surface area contributed by atoms with E-state index in [1.54, 1.807) is 6.20 Å². The summed E-state index contributed by atoms with van der Waals surface area (Å²) >= 11 is 5.58. The number of pyridine rings is 1. The number of aromatic nitrogens is 1. The number of nitrogens with zero attached hydrogens (tertiary/aromatic N) is 1. The lowest BCUT2D eigenvalue weighted by molar-refractivity contribution is 0.177. The largest absolute Gasteiger partial charge is 0.388 e. The molecule has 0 bridgehead atoms. The monoisotopic (exact) mass is 403 g/mol. The third kappa shape index (κ3) is 3.76. The number of rotatable bonds is 3. The van der Waals surface area contributed by atoms with E-state index in [2.05, 4.69) is 43.5 Å². The fourth-order valence-corrected chi connectivity index (χ4v) is 2.36. The number of hydrogen-bond acceptors (Lipinski definition) is 2. The van der Waals surface area contributed by atoms with Crippen molar-refractivity contribution < 1.29 is 5.11 Å². The molecule has 1 N–H and O–H groups in total. The molecule has 0 aliphatic rings. The van der Waals surface area contributed by atoms with Crippen molar-refractivity contribution in [3.63, 3.8) is 0 Å². The molecule has 1 atom stereocenters. The molecule has 17 heavy (non-hydrogen) atoms. The first kappa shape index (κ1) is 13.0. The van der Waals surface area contributed by atoms with Crippen molar-refractivity contribution >= 4 is 38.5 Å². The Morgan fingerprint density at radius 3 is 2.76 bits per heavy atom. The van der Waals surface area contributed by atoms with Crippen LogP contribution in [0.1, 0.15) is 17.4 Å². The summed E-state index contributed by atoms with van der Waals surface area (Å²) in [6.07, 6.45) is 1.78. The van der Waals surface area contributed by atoms with E-state index >= 15 is 0 Å². The second-order valence-electron chi connectivity index (χ2n) is 3.74. The Kier molecular flexibility index (Phi) is 4.53. The van der Waals surface area contributed by atoms with E-state index in [1.165, 1.54) is 0 Å². The van der Waals surface area contributed by atoms with Crippen molar-refractivity contribution in [1.29, 1.82) is 0 Å². The summed E-state index contributed by atoms with van der Waals surface area (Å²) in [4.78, 5) is 4.26. The van der Waals surface area contributed by atoms with Gasteiger partial charge in [-0.2, -0.15) is 0 Å². The molecule has 0 aliphatic heterocycles. The zero-order valence-electron chi connectivity index (χ0n) is 8.98. The van der Waals surface area contributed by atoms with E-state index < -0.39 is 6.10 Å². The summed E-state index contributed by atoms with van der Waals surface area (Å²) in [5.74, 6) is 0. The zero-order chi connectivity index (χ0) is 12.3. The summed E-state index contributed by atoms with van der Waals surface area (Å²) in [6, 6.07) is 11.7. The molecular weight excluding hydrogens is 393 g/mol. The van der Waals surface area contributed by atoms with Crippen LogP contribution in [0, 0.1) is 3.57 Å². The molecule has 4 heteroatoms. The summed E-state index contributed by atoms with van der Waals surface area (Å²) in [6.45, 7) is 0. The molecule has 0 fully saturated rings. The fraction of sp³-hybridized carbons (Fsp3) is 0.154. The van der Waals surface area contributed by atoms with Gasteiger partial charge in [-0.1, -0.05) is 12.1 Å². The predicted octanol–water partition coefficient (Wildman–Crippen LogP) is 3.72. The summed E-state index contributed by atoms with van der Waals surface area (Å²) in [5, 5.41) is 10.1. The van der Waals surface area contributed by atoms with Gasteiger partial charge in [0.15, 0.2) is 0 Å². The van der Waals surface area contributed by atoms with Crippen LogP contribution < -0.4 is 0 Å². The summed E-state index contributed by atoms with van der Waals surface area (Å²) in [7, 11) is 0. The van der Waals surface area contributed by atoms with Gasteiger partial charge in [0.1, 0.15) is 0 Å². The molecule has 0 aliphatic carbocycles. The van der Waals surface area contributed by atoms with Crippen molar-refractivity contribution in [2.75, 3.05) is 0 Å². The van der Waals surface area contributed by atoms with Crippen LogP contribution in [0.4, 0.5) is 0 Å². The van der Waals surface area contributed by atoms with Crippen molar-refractivity contribution in [3.8, 4) is 0 Å². The number of benzene rings is 1. The molecule has 0 radical (unpaired) electrons. The third-order valence-electron chi connectivity index (χ3n) is 2.42. The van der Waals surface area contributed by atoms with E-state index in [1.807, 2.05) is 36.4 Å². The number of aliphatic hydroxyl groups excluding tert-OH is 1. The van der Waals surface area contributed by atoms with E-state index in [-0.39, 0.29) is 0 Å². The van der Waals surface area contributed by atoms with Crippen LogP contribution in [0.15, 0.2) is 47.1 Å². The smallest absolute Gasteiger partial charge is 0.0845 e. The van der Waals surface area contributed by atoms with Crippen molar-refractivity contribution in [2.24, 2.45) is 0 Å². The molecule has 88 valence electrons. The van der Waals surface area contributed by atoms with Gasteiger partial charge in [-0.3, -0.25) is 4.98 Å². The second-order valence-corrected chi connectivity index (χ2v) is 5.90. The van der Waals surface area contributed by atoms with Gasteiger partial charge in [0, 0.05) is 26.4 Å². The maximum atomic E-state index is 10.1. The highest BCUT2D eigenvalue weighted by Gasteiger charge is 2.09. The Balaban J connectivity index is 2.11. The van der Waals surface area contributed by atoms with Gasteiger partial charge in [0.2, 0.25) is 0 Å². The molecule has 2 aromatic rings. The second kappa shape index (κ2) is 5.93. The van der Waals surface area contributed by atoms with Crippen LogP contribution in [0.25, 0.3) is 0 Å². The third-order valence-corrected chi connectivity index (χ3v) is 3.56. The molecule has 2 rings (SSSR count). The highest BCUT2D eigenvalue weighted by Crippen LogP contribution is 2.20. The maximum Gasteiger partial charge on any atom is 0.0845 e. The van der Waals surface area contributed by atoms with Gasteiger partial charge in [0.05, 0.1) is 6.10 Å². The molecule has 0 amide bonds. The van der Waals surface area contributed by atoms with Crippen molar-refractivity contribution in [3.05, 3.63) is 61.9 Å². The lowest BCUT2D eigenvalue weighted by Crippen LogP contribution is -2.03. The topological polar surface area (TPSA) is 33.1 Å². The van der Waals surface area contributed by atoms with Crippen LogP contribution in [0.3, 0.4) is 0 Å². The average Bonchev–Trinajstić information content (AvgIpc) is 2.32. The lowest BCUT2D eigenvalue weighted by atomic mass is 10.0. The molecule has 1 aromatic carbocycles. The number of halogens is 2. The molecular formula is C13H11BrINO. The quantitative estimate of drug-likeness (QED) is 0.792. The van der Waals surface area contributed by atoms with E-state index in [9.17, 15) is 5.11 Å². The number of hydrogen-bond donors (Lipinski definition) is 1. The Morgan fingerprint density at radius 2 is 2.12 bits per heavy atom. The highest BCUT2D eigenvalue weighted by molar-refractivity contribution is 14.1. The average molecular weight is 404 g/mol. The molecule has 1 heterocycles. The Labute approximate surface area is 122 Å². The van der Waals surface area contributed by atoms with Crippen LogP contribution in [-0.4, -0.2) is 10.1 Å². The molecule has 1 aromatic heterocycles. The fourth-order valence-electron chi connectivity index (χ4n) is 1.56. The summed E-state index contributed by atoms with van der Waals surface area (Å²) in [5.41, 5.74) is 1.82. The minimum atomic E-state index is -0.501. The first-order chi connectivity index (χ1) is 8.15. The van der Waals surface area contributed by atoms with Crippen LogP contribution >= 0.6 is 38.5 Å². The zero-order valence-corrected chi connectivity index (χ0v) is 12.7. The molecule has 1 unspecified atom stereocenters. The lowest BCUT2D eigenvalue weighted by Gasteiger charge is -2.10. The Morgan fingerprint density at radius 1 is 1.29 bits per heavy atom. The molecule has 0 spiro atoms. The minimum Gasteiger partial charge on any atom is -0.388 e. The first-order valence-electron chi connectivity index (χ1n) is 5.19. The number of aliphatic hydroxyl groups is 1. The molecule has 0 saturated carbocycles. The Bertz CT molecular complexity index is 501. The maximum absolute atomic E-state index is 10.1. The standard InChI is InChI=1S/C13H11BrINO/c14-10-4-5-12(16-8-10)7-13(17)9-2-1-3-11(15)6-9/h1-6,8,13,17H,7H2. The van der Waals surface area contributed by atoms with E-state index in [4.69, 9.17) is 0 Å². The van der Waals surface area contributed by atoms with Gasteiger partial charge >= 0.3 is 0 Å². The minimum absolute atomic E-state index is 0.501. The van der Waals surface area contributed by atoms with Crippen molar-refractivity contribution in [1.82, 2.24) is 4.98 Å². The molecule has 2 nitrogen and oxygen atoms in total. The van der Waals surface area contributed by atoms with Gasteiger partial charge in [-0.05, 0) is 68.3 Å². The van der Waals surface area contributed by atoms with Crippen LogP contribution in [0.2, 0.25) is 0 Å². The molecule has 0 saturated heterocycles. The van der Waals surface area contributed by atoms with Gasteiger partial charge in [0.25, 0.3) is 0 Å². The van der Waals surface area contributed by atoms with Gasteiger partial charge in [-0.25, -0.2) is 0 Å². The van der Waals surface area contributed by atoms with Gasteiger partial charge < -0.3 is 5.11 Å². The first-order valence-corrected chi connectivity index (χ1v) is 7.06. The van der Waals surface area contributed by atoms with Crippen molar-refractivity contribution in [2.45, 2.75) is 12.5 Å². The predicted molar refractivity (Wildman–Crippen MR) is 79.8 cm³/mol. The Hall–Kier alpha value is -0.460. The van der Waals surface area contributed by atoms with E-state index in [0.717, 1.165) is 19.3 Å². The van der Waals surface area contributed by atoms with Crippen LogP contribution in [0.5, 0.6) is 0 Å². The van der Waals surface area contributed by atoms with Gasteiger partial charge in [-0.15, -0.1) is 0 Å².